The Labute approximate surface area is 90.4 Å². The molecule has 1 unspecified atom stereocenters. The van der Waals surface area contributed by atoms with Gasteiger partial charge in [0.1, 0.15) is 5.82 Å². The maximum absolute atomic E-state index is 13.3. The predicted octanol–water partition coefficient (Wildman–Crippen LogP) is 2.97. The molecule has 0 amide bonds. The number of nitrogens with one attached hydrogen (secondary N) is 1. The van der Waals surface area contributed by atoms with Crippen LogP contribution in [0.25, 0.3) is 0 Å². The summed E-state index contributed by atoms with van der Waals surface area (Å²) in [4.78, 5) is 0. The van der Waals surface area contributed by atoms with Crippen LogP contribution in [-0.2, 0) is 4.74 Å². The van der Waals surface area contributed by atoms with Crippen molar-refractivity contribution in [3.05, 3.63) is 29.6 Å². The normalized spacial score (nSPS) is 12.5. The van der Waals surface area contributed by atoms with Crippen LogP contribution in [0.1, 0.15) is 19.4 Å². The van der Waals surface area contributed by atoms with Gasteiger partial charge in [0.2, 0.25) is 0 Å². The van der Waals surface area contributed by atoms with E-state index in [9.17, 15) is 4.39 Å². The first-order valence-electron chi connectivity index (χ1n) is 5.24. The van der Waals surface area contributed by atoms with E-state index < -0.39 is 0 Å². The van der Waals surface area contributed by atoms with E-state index in [2.05, 4.69) is 5.32 Å². The number of anilines is 1. The van der Waals surface area contributed by atoms with Crippen LogP contribution in [0.2, 0.25) is 0 Å². The molecule has 0 fully saturated rings. The molecule has 1 aromatic rings. The first-order chi connectivity index (χ1) is 7.13. The minimum absolute atomic E-state index is 0.112. The number of hydrogen-bond acceptors (Lipinski definition) is 2. The summed E-state index contributed by atoms with van der Waals surface area (Å²) >= 11 is 0. The monoisotopic (exact) mass is 211 g/mol. The van der Waals surface area contributed by atoms with Gasteiger partial charge in [0, 0.05) is 12.6 Å². The van der Waals surface area contributed by atoms with Crippen molar-refractivity contribution in [1.82, 2.24) is 0 Å². The fourth-order valence-electron chi connectivity index (χ4n) is 1.35. The Morgan fingerprint density at radius 1 is 1.47 bits per heavy atom. The second-order valence-corrected chi connectivity index (χ2v) is 3.69. The van der Waals surface area contributed by atoms with E-state index in [1.165, 1.54) is 6.07 Å². The summed E-state index contributed by atoms with van der Waals surface area (Å²) in [5, 5.41) is 3.09. The molecule has 0 spiro atoms. The van der Waals surface area contributed by atoms with Crippen LogP contribution in [0.4, 0.5) is 10.1 Å². The Balaban J connectivity index is 2.59. The summed E-state index contributed by atoms with van der Waals surface area (Å²) in [6, 6.07) is 5.15. The van der Waals surface area contributed by atoms with Crippen LogP contribution in [0.3, 0.4) is 0 Å². The van der Waals surface area contributed by atoms with Crippen LogP contribution >= 0.6 is 0 Å². The topological polar surface area (TPSA) is 21.3 Å². The quantitative estimate of drug-likeness (QED) is 0.808. The zero-order valence-electron chi connectivity index (χ0n) is 9.51. The van der Waals surface area contributed by atoms with Gasteiger partial charge in [-0.25, -0.2) is 4.39 Å². The molecule has 2 nitrogen and oxygen atoms in total. The number of benzene rings is 1. The standard InChI is InChI=1S/C12H18FNO/c1-4-15-8-10(3)14-12-7-9(2)5-6-11(12)13/h5-7,10,14H,4,8H2,1-3H3. The van der Waals surface area contributed by atoms with E-state index in [0.717, 1.165) is 5.56 Å². The molecule has 0 radical (unpaired) electrons. The van der Waals surface area contributed by atoms with Crippen molar-refractivity contribution in [2.75, 3.05) is 18.5 Å². The van der Waals surface area contributed by atoms with E-state index in [1.807, 2.05) is 20.8 Å². The molecule has 1 atom stereocenters. The SMILES string of the molecule is CCOCC(C)Nc1cc(C)ccc1F. The highest BCUT2D eigenvalue weighted by atomic mass is 19.1. The molecule has 3 heteroatoms. The van der Waals surface area contributed by atoms with Gasteiger partial charge in [-0.2, -0.15) is 0 Å². The smallest absolute Gasteiger partial charge is 0.146 e. The van der Waals surface area contributed by atoms with Crippen LogP contribution in [0.5, 0.6) is 0 Å². The van der Waals surface area contributed by atoms with Gasteiger partial charge in [0.05, 0.1) is 12.3 Å². The fraction of sp³-hybridized carbons (Fsp3) is 0.500. The summed E-state index contributed by atoms with van der Waals surface area (Å²) in [7, 11) is 0. The Morgan fingerprint density at radius 3 is 2.87 bits per heavy atom. The molecule has 0 saturated carbocycles. The third-order valence-corrected chi connectivity index (χ3v) is 2.10. The highest BCUT2D eigenvalue weighted by Crippen LogP contribution is 2.16. The molecule has 84 valence electrons. The average molecular weight is 211 g/mol. The first-order valence-corrected chi connectivity index (χ1v) is 5.24. The third kappa shape index (κ3) is 3.88. The Kier molecular flexibility index (Phi) is 4.56. The highest BCUT2D eigenvalue weighted by Gasteiger charge is 2.06. The molecular weight excluding hydrogens is 193 g/mol. The molecule has 0 aliphatic rings. The highest BCUT2D eigenvalue weighted by molar-refractivity contribution is 5.47. The average Bonchev–Trinajstić information content (AvgIpc) is 2.20. The van der Waals surface area contributed by atoms with Gasteiger partial charge < -0.3 is 10.1 Å². The fourth-order valence-corrected chi connectivity index (χ4v) is 1.35. The lowest BCUT2D eigenvalue weighted by molar-refractivity contribution is 0.141. The molecule has 0 heterocycles. The van der Waals surface area contributed by atoms with Gasteiger partial charge in [-0.3, -0.25) is 0 Å². The minimum atomic E-state index is -0.219. The number of hydrogen-bond donors (Lipinski definition) is 1. The Hall–Kier alpha value is -1.09. The lowest BCUT2D eigenvalue weighted by Gasteiger charge is -2.15. The van der Waals surface area contributed by atoms with Gasteiger partial charge in [-0.1, -0.05) is 6.07 Å². The maximum atomic E-state index is 13.3. The zero-order chi connectivity index (χ0) is 11.3. The molecule has 0 aromatic heterocycles. The summed E-state index contributed by atoms with van der Waals surface area (Å²) in [6.45, 7) is 7.13. The molecule has 0 saturated heterocycles. The molecule has 1 N–H and O–H groups in total. The number of ether oxygens (including phenoxy) is 1. The Bertz CT molecular complexity index is 314. The van der Waals surface area contributed by atoms with Crippen molar-refractivity contribution in [2.24, 2.45) is 0 Å². The molecule has 0 bridgehead atoms. The second-order valence-electron chi connectivity index (χ2n) is 3.69. The molecule has 15 heavy (non-hydrogen) atoms. The molecular formula is C12H18FNO. The van der Waals surface area contributed by atoms with Gasteiger partial charge in [-0.15, -0.1) is 0 Å². The Morgan fingerprint density at radius 2 is 2.20 bits per heavy atom. The molecule has 1 rings (SSSR count). The lowest BCUT2D eigenvalue weighted by atomic mass is 10.2. The van der Waals surface area contributed by atoms with Crippen molar-refractivity contribution in [1.29, 1.82) is 0 Å². The zero-order valence-corrected chi connectivity index (χ0v) is 9.51. The largest absolute Gasteiger partial charge is 0.380 e. The van der Waals surface area contributed by atoms with Crippen LogP contribution in [0.15, 0.2) is 18.2 Å². The summed E-state index contributed by atoms with van der Waals surface area (Å²) < 4.78 is 18.6. The summed E-state index contributed by atoms with van der Waals surface area (Å²) in [5.74, 6) is -0.219. The molecule has 0 aliphatic carbocycles. The molecule has 0 aliphatic heterocycles. The number of aryl methyl sites for hydroxylation is 1. The van der Waals surface area contributed by atoms with Crippen LogP contribution < -0.4 is 5.32 Å². The summed E-state index contributed by atoms with van der Waals surface area (Å²) in [6.07, 6.45) is 0. The van der Waals surface area contributed by atoms with E-state index in [4.69, 9.17) is 4.74 Å². The predicted molar refractivity (Wildman–Crippen MR) is 60.7 cm³/mol. The van der Waals surface area contributed by atoms with Gasteiger partial charge in [-0.05, 0) is 38.5 Å². The van der Waals surface area contributed by atoms with Crippen LogP contribution in [-0.4, -0.2) is 19.3 Å². The number of halogens is 1. The van der Waals surface area contributed by atoms with E-state index in [0.29, 0.717) is 18.9 Å². The van der Waals surface area contributed by atoms with Crippen molar-refractivity contribution in [2.45, 2.75) is 26.8 Å². The molecule has 1 aromatic carbocycles. The van der Waals surface area contributed by atoms with Crippen molar-refractivity contribution < 1.29 is 9.13 Å². The van der Waals surface area contributed by atoms with Crippen molar-refractivity contribution in [3.8, 4) is 0 Å². The van der Waals surface area contributed by atoms with E-state index in [-0.39, 0.29) is 11.9 Å². The van der Waals surface area contributed by atoms with Gasteiger partial charge >= 0.3 is 0 Å². The van der Waals surface area contributed by atoms with E-state index >= 15 is 0 Å². The summed E-state index contributed by atoms with van der Waals surface area (Å²) in [5.41, 5.74) is 1.59. The second kappa shape index (κ2) is 5.71. The van der Waals surface area contributed by atoms with E-state index in [1.54, 1.807) is 12.1 Å². The van der Waals surface area contributed by atoms with Gasteiger partial charge in [0.15, 0.2) is 0 Å². The minimum Gasteiger partial charge on any atom is -0.380 e. The third-order valence-electron chi connectivity index (χ3n) is 2.10. The lowest BCUT2D eigenvalue weighted by Crippen LogP contribution is -2.22. The number of rotatable bonds is 5. The van der Waals surface area contributed by atoms with Crippen molar-refractivity contribution >= 4 is 5.69 Å². The first kappa shape index (κ1) is 12.0. The maximum Gasteiger partial charge on any atom is 0.146 e. The van der Waals surface area contributed by atoms with Crippen molar-refractivity contribution in [3.63, 3.8) is 0 Å². The van der Waals surface area contributed by atoms with Crippen LogP contribution in [0, 0.1) is 12.7 Å². The van der Waals surface area contributed by atoms with Gasteiger partial charge in [0.25, 0.3) is 0 Å².